The number of non-ortho nitro benzene ring substituents is 1. The van der Waals surface area contributed by atoms with E-state index in [0.29, 0.717) is 22.5 Å². The van der Waals surface area contributed by atoms with E-state index in [1.807, 2.05) is 29.7 Å². The van der Waals surface area contributed by atoms with Crippen molar-refractivity contribution in [2.45, 2.75) is 18.6 Å². The highest BCUT2D eigenvalue weighted by Gasteiger charge is 2.19. The van der Waals surface area contributed by atoms with Crippen LogP contribution in [0.5, 0.6) is 0 Å². The monoisotopic (exact) mass is 436 g/mol. The van der Waals surface area contributed by atoms with Gasteiger partial charge in [0.1, 0.15) is 0 Å². The summed E-state index contributed by atoms with van der Waals surface area (Å²) in [6.07, 6.45) is 0. The van der Waals surface area contributed by atoms with Crippen LogP contribution < -0.4 is 0 Å². The average Bonchev–Trinajstić information content (AvgIpc) is 3.09. The standard InChI is InChI=1S/C18H14Cl2N4O3S/c1-2-23-17(12-5-3-4-6-14(12)19)21-22-18(23)28-10-16(25)13-9-11(24(26)27)7-8-15(13)20/h3-9H,2,10H2,1H3. The van der Waals surface area contributed by atoms with Crippen LogP contribution >= 0.6 is 35.0 Å². The lowest BCUT2D eigenvalue weighted by atomic mass is 10.1. The molecule has 0 aliphatic carbocycles. The normalized spacial score (nSPS) is 10.8. The van der Waals surface area contributed by atoms with Crippen molar-refractivity contribution in [1.82, 2.24) is 14.8 Å². The van der Waals surface area contributed by atoms with E-state index >= 15 is 0 Å². The molecule has 3 rings (SSSR count). The maximum Gasteiger partial charge on any atom is 0.270 e. The zero-order valence-electron chi connectivity index (χ0n) is 14.6. The number of hydrogen-bond acceptors (Lipinski definition) is 6. The fourth-order valence-electron chi connectivity index (χ4n) is 2.57. The Balaban J connectivity index is 1.82. The van der Waals surface area contributed by atoms with E-state index < -0.39 is 4.92 Å². The smallest absolute Gasteiger partial charge is 0.270 e. The van der Waals surface area contributed by atoms with E-state index in [0.717, 1.165) is 5.56 Å². The largest absolute Gasteiger partial charge is 0.302 e. The molecule has 0 bridgehead atoms. The second-order valence-corrected chi connectivity index (χ2v) is 7.42. The molecular weight excluding hydrogens is 423 g/mol. The van der Waals surface area contributed by atoms with Gasteiger partial charge in [0, 0.05) is 29.8 Å². The number of halogens is 2. The van der Waals surface area contributed by atoms with Crippen LogP contribution in [0.4, 0.5) is 5.69 Å². The van der Waals surface area contributed by atoms with E-state index in [1.54, 1.807) is 6.07 Å². The van der Waals surface area contributed by atoms with Crippen molar-refractivity contribution >= 4 is 46.4 Å². The Labute approximate surface area is 174 Å². The number of benzene rings is 2. The molecule has 0 aliphatic rings. The highest BCUT2D eigenvalue weighted by atomic mass is 35.5. The van der Waals surface area contributed by atoms with E-state index in [2.05, 4.69) is 10.2 Å². The molecule has 0 saturated carbocycles. The number of hydrogen-bond donors (Lipinski definition) is 0. The number of rotatable bonds is 7. The Hall–Kier alpha value is -2.42. The summed E-state index contributed by atoms with van der Waals surface area (Å²) in [5.41, 5.74) is 0.672. The van der Waals surface area contributed by atoms with Crippen molar-refractivity contribution in [1.29, 1.82) is 0 Å². The van der Waals surface area contributed by atoms with Gasteiger partial charge in [-0.15, -0.1) is 10.2 Å². The number of ketones is 1. The third kappa shape index (κ3) is 4.19. The third-order valence-corrected chi connectivity index (χ3v) is 5.57. The van der Waals surface area contributed by atoms with Crippen molar-refractivity contribution in [2.24, 2.45) is 0 Å². The molecule has 0 atom stereocenters. The molecule has 0 saturated heterocycles. The molecule has 0 radical (unpaired) electrons. The van der Waals surface area contributed by atoms with E-state index in [-0.39, 0.29) is 27.8 Å². The van der Waals surface area contributed by atoms with Crippen LogP contribution in [0, 0.1) is 10.1 Å². The van der Waals surface area contributed by atoms with E-state index in [4.69, 9.17) is 23.2 Å². The van der Waals surface area contributed by atoms with Gasteiger partial charge in [0.05, 0.1) is 20.7 Å². The maximum atomic E-state index is 12.5. The highest BCUT2D eigenvalue weighted by Crippen LogP contribution is 2.30. The van der Waals surface area contributed by atoms with Gasteiger partial charge in [-0.1, -0.05) is 47.1 Å². The summed E-state index contributed by atoms with van der Waals surface area (Å²) >= 11 is 13.5. The third-order valence-electron chi connectivity index (χ3n) is 3.94. The van der Waals surface area contributed by atoms with Gasteiger partial charge in [0.25, 0.3) is 5.69 Å². The fraction of sp³-hybridized carbons (Fsp3) is 0.167. The Kier molecular flexibility index (Phi) is 6.33. The minimum Gasteiger partial charge on any atom is -0.302 e. The quantitative estimate of drug-likeness (QED) is 0.220. The Morgan fingerprint density at radius 2 is 1.93 bits per heavy atom. The maximum absolute atomic E-state index is 12.5. The number of nitro benzene ring substituents is 1. The van der Waals surface area contributed by atoms with Crippen LogP contribution in [0.1, 0.15) is 17.3 Å². The average molecular weight is 437 g/mol. The molecule has 0 fully saturated rings. The Morgan fingerprint density at radius 3 is 2.61 bits per heavy atom. The number of aromatic nitrogens is 3. The summed E-state index contributed by atoms with van der Waals surface area (Å²) in [7, 11) is 0. The second kappa shape index (κ2) is 8.72. The van der Waals surface area contributed by atoms with Crippen molar-refractivity contribution < 1.29 is 9.72 Å². The molecule has 28 heavy (non-hydrogen) atoms. The minimum absolute atomic E-state index is 0.0154. The van der Waals surface area contributed by atoms with Crippen LogP contribution in [0.3, 0.4) is 0 Å². The fourth-order valence-corrected chi connectivity index (χ4v) is 3.90. The molecule has 10 heteroatoms. The van der Waals surface area contributed by atoms with Crippen molar-refractivity contribution in [3.05, 3.63) is 68.2 Å². The van der Waals surface area contributed by atoms with Gasteiger partial charge in [-0.3, -0.25) is 14.9 Å². The molecule has 3 aromatic rings. The lowest BCUT2D eigenvalue weighted by Gasteiger charge is -2.08. The Bertz CT molecular complexity index is 1060. The first kappa shape index (κ1) is 20.3. The van der Waals surface area contributed by atoms with Gasteiger partial charge in [-0.05, 0) is 25.1 Å². The molecule has 144 valence electrons. The number of carbonyl (C=O) groups is 1. The summed E-state index contributed by atoms with van der Waals surface area (Å²) in [5, 5.41) is 20.6. The Morgan fingerprint density at radius 1 is 1.18 bits per heavy atom. The predicted octanol–water partition coefficient (Wildman–Crippen LogP) is 5.16. The molecule has 0 N–H and O–H groups in total. The molecule has 0 unspecified atom stereocenters. The molecule has 7 nitrogen and oxygen atoms in total. The van der Waals surface area contributed by atoms with Crippen LogP contribution in [0.2, 0.25) is 10.0 Å². The lowest BCUT2D eigenvalue weighted by Crippen LogP contribution is -2.06. The first-order chi connectivity index (χ1) is 13.4. The van der Waals surface area contributed by atoms with Crippen LogP contribution in [0.15, 0.2) is 47.6 Å². The van der Waals surface area contributed by atoms with E-state index in [1.165, 1.54) is 30.0 Å². The molecular formula is C18H14Cl2N4O3S. The molecule has 1 heterocycles. The number of thioether (sulfide) groups is 1. The lowest BCUT2D eigenvalue weighted by molar-refractivity contribution is -0.384. The molecule has 0 aliphatic heterocycles. The van der Waals surface area contributed by atoms with E-state index in [9.17, 15) is 14.9 Å². The summed E-state index contributed by atoms with van der Waals surface area (Å²) in [4.78, 5) is 22.9. The zero-order chi connectivity index (χ0) is 20.3. The second-order valence-electron chi connectivity index (χ2n) is 5.66. The topological polar surface area (TPSA) is 90.9 Å². The SMILES string of the molecule is CCn1c(SCC(=O)c2cc([N+](=O)[O-])ccc2Cl)nnc1-c1ccccc1Cl. The van der Waals surface area contributed by atoms with Gasteiger partial charge in [0.15, 0.2) is 16.8 Å². The van der Waals surface area contributed by atoms with Crippen LogP contribution in [-0.4, -0.2) is 31.2 Å². The van der Waals surface area contributed by atoms with Gasteiger partial charge in [-0.2, -0.15) is 0 Å². The summed E-state index contributed by atoms with van der Waals surface area (Å²) in [6, 6.07) is 11.1. The highest BCUT2D eigenvalue weighted by molar-refractivity contribution is 7.99. The number of nitro groups is 1. The minimum atomic E-state index is -0.566. The number of carbonyl (C=O) groups excluding carboxylic acids is 1. The molecule has 0 spiro atoms. The van der Waals surface area contributed by atoms with Gasteiger partial charge in [-0.25, -0.2) is 0 Å². The first-order valence-electron chi connectivity index (χ1n) is 8.20. The molecule has 1 aromatic heterocycles. The van der Waals surface area contributed by atoms with Crippen molar-refractivity contribution in [3.63, 3.8) is 0 Å². The van der Waals surface area contributed by atoms with Crippen LogP contribution in [0.25, 0.3) is 11.4 Å². The molecule has 2 aromatic carbocycles. The van der Waals surface area contributed by atoms with Crippen molar-refractivity contribution in [3.8, 4) is 11.4 Å². The van der Waals surface area contributed by atoms with Crippen molar-refractivity contribution in [2.75, 3.05) is 5.75 Å². The predicted molar refractivity (Wildman–Crippen MR) is 109 cm³/mol. The summed E-state index contributed by atoms with van der Waals surface area (Å²) in [6.45, 7) is 2.52. The number of nitrogens with zero attached hydrogens (tertiary/aromatic N) is 4. The first-order valence-corrected chi connectivity index (χ1v) is 9.94. The summed E-state index contributed by atoms with van der Waals surface area (Å²) < 4.78 is 1.86. The van der Waals surface area contributed by atoms with Gasteiger partial charge in [0.2, 0.25) is 0 Å². The number of Topliss-reactive ketones (excluding diaryl/α,β-unsaturated/α-hetero) is 1. The summed E-state index contributed by atoms with van der Waals surface area (Å²) in [5.74, 6) is 0.293. The molecule has 0 amide bonds. The van der Waals surface area contributed by atoms with Gasteiger partial charge >= 0.3 is 0 Å². The zero-order valence-corrected chi connectivity index (χ0v) is 17.0. The van der Waals surface area contributed by atoms with Gasteiger partial charge < -0.3 is 4.57 Å². The van der Waals surface area contributed by atoms with Crippen LogP contribution in [-0.2, 0) is 6.54 Å².